The van der Waals surface area contributed by atoms with Gasteiger partial charge in [-0.3, -0.25) is 4.79 Å². The molecular weight excluding hydrogens is 1110 g/mol. The van der Waals surface area contributed by atoms with Gasteiger partial charge in [-0.05, 0) is 44.9 Å². The molecule has 0 radical (unpaired) electrons. The van der Waals surface area contributed by atoms with E-state index in [1.165, 1.54) is 360 Å². The number of carbonyl (C=O) groups excluding carboxylic acids is 1. The number of allylic oxidation sites excluding steroid dienone is 4. The second-order valence-electron chi connectivity index (χ2n) is 28.6. The van der Waals surface area contributed by atoms with E-state index in [4.69, 9.17) is 9.47 Å². The maximum Gasteiger partial charge on any atom is 0.220 e. The molecular formula is C81H157NO8. The summed E-state index contributed by atoms with van der Waals surface area (Å²) in [6, 6.07) is -0.718. The monoisotopic (exact) mass is 1270 g/mol. The van der Waals surface area contributed by atoms with E-state index in [2.05, 4.69) is 43.5 Å². The number of rotatable bonds is 73. The molecule has 7 unspecified atom stereocenters. The summed E-state index contributed by atoms with van der Waals surface area (Å²) in [5, 5.41) is 55.1. The van der Waals surface area contributed by atoms with Gasteiger partial charge in [-0.25, -0.2) is 0 Å². The fourth-order valence-corrected chi connectivity index (χ4v) is 13.5. The molecule has 534 valence electrons. The minimum Gasteiger partial charge on any atom is -0.394 e. The first kappa shape index (κ1) is 86.7. The van der Waals surface area contributed by atoms with Crippen LogP contribution in [0.1, 0.15) is 431 Å². The van der Waals surface area contributed by atoms with E-state index in [9.17, 15) is 30.3 Å². The van der Waals surface area contributed by atoms with Gasteiger partial charge in [0.1, 0.15) is 24.4 Å². The Hall–Kier alpha value is -1.33. The Morgan fingerprint density at radius 3 is 0.956 bits per heavy atom. The molecule has 0 saturated carbocycles. The Bertz CT molecular complexity index is 1480. The molecule has 1 amide bonds. The molecule has 1 rings (SSSR count). The minimum absolute atomic E-state index is 0.132. The summed E-state index contributed by atoms with van der Waals surface area (Å²) in [7, 11) is 0. The van der Waals surface area contributed by atoms with Crippen LogP contribution in [-0.4, -0.2) is 87.5 Å². The normalized spacial score (nSPS) is 17.8. The van der Waals surface area contributed by atoms with E-state index in [1.54, 1.807) is 0 Å². The van der Waals surface area contributed by atoms with Gasteiger partial charge < -0.3 is 40.3 Å². The third kappa shape index (κ3) is 58.1. The molecule has 0 aliphatic carbocycles. The summed E-state index contributed by atoms with van der Waals surface area (Å²) in [4.78, 5) is 13.2. The van der Waals surface area contributed by atoms with Crippen molar-refractivity contribution in [1.82, 2.24) is 5.32 Å². The zero-order chi connectivity index (χ0) is 64.9. The molecule has 90 heavy (non-hydrogen) atoms. The summed E-state index contributed by atoms with van der Waals surface area (Å²) in [5.74, 6) is -0.133. The van der Waals surface area contributed by atoms with Crippen molar-refractivity contribution in [2.24, 2.45) is 0 Å². The molecule has 0 aromatic rings. The van der Waals surface area contributed by atoms with Crippen molar-refractivity contribution in [3.05, 3.63) is 24.3 Å². The number of unbranched alkanes of at least 4 members (excludes halogenated alkanes) is 59. The molecule has 6 N–H and O–H groups in total. The molecule has 9 nitrogen and oxygen atoms in total. The second kappa shape index (κ2) is 70.5. The largest absolute Gasteiger partial charge is 0.394 e. The molecule has 1 aliphatic rings. The number of ether oxygens (including phenoxy) is 2. The van der Waals surface area contributed by atoms with Gasteiger partial charge in [-0.1, -0.05) is 404 Å². The average Bonchev–Trinajstić information content (AvgIpc) is 2.75. The standard InChI is InChI=1S/C81H157NO8/c1-3-5-7-9-11-13-15-17-19-21-23-25-27-29-31-33-34-35-36-37-38-39-40-41-42-43-45-47-49-51-53-55-57-59-61-63-65-67-69-71-77(85)82-74(73-89-81-80(88)79(87)78(86)76(72-83)90-81)75(84)70-68-66-64-62-60-58-56-54-52-50-48-46-44-32-30-28-26-24-22-20-18-16-14-12-10-8-6-4-2/h15,17,21,23,74-76,78-81,83-84,86-88H,3-14,16,18-20,22,24-73H2,1-2H3,(H,82,85)/b17-15-,23-21-. The van der Waals surface area contributed by atoms with Crippen LogP contribution >= 0.6 is 0 Å². The van der Waals surface area contributed by atoms with Crippen molar-refractivity contribution >= 4 is 5.91 Å². The Balaban J connectivity index is 2.02. The van der Waals surface area contributed by atoms with Gasteiger partial charge in [0.25, 0.3) is 0 Å². The van der Waals surface area contributed by atoms with Crippen LogP contribution in [0.15, 0.2) is 24.3 Å². The summed E-state index contributed by atoms with van der Waals surface area (Å²) in [6.07, 6.45) is 87.3. The third-order valence-electron chi connectivity index (χ3n) is 19.8. The lowest BCUT2D eigenvalue weighted by atomic mass is 9.99. The number of amides is 1. The number of nitrogens with one attached hydrogen (secondary N) is 1. The molecule has 0 aromatic heterocycles. The first-order valence-electron chi connectivity index (χ1n) is 40.5. The van der Waals surface area contributed by atoms with Gasteiger partial charge in [0, 0.05) is 6.42 Å². The average molecular weight is 1270 g/mol. The molecule has 1 aliphatic heterocycles. The maximum absolute atomic E-state index is 13.2. The molecule has 1 heterocycles. The highest BCUT2D eigenvalue weighted by Crippen LogP contribution is 2.24. The fraction of sp³-hybridized carbons (Fsp3) is 0.938. The lowest BCUT2D eigenvalue weighted by molar-refractivity contribution is -0.302. The molecule has 1 saturated heterocycles. The van der Waals surface area contributed by atoms with E-state index in [1.807, 2.05) is 0 Å². The van der Waals surface area contributed by atoms with Gasteiger partial charge >= 0.3 is 0 Å². The van der Waals surface area contributed by atoms with Crippen molar-refractivity contribution in [3.8, 4) is 0 Å². The van der Waals surface area contributed by atoms with Crippen LogP contribution in [0.5, 0.6) is 0 Å². The number of aliphatic hydroxyl groups excluding tert-OH is 5. The van der Waals surface area contributed by atoms with Crippen molar-refractivity contribution in [3.63, 3.8) is 0 Å². The van der Waals surface area contributed by atoms with E-state index in [0.717, 1.165) is 44.9 Å². The highest BCUT2D eigenvalue weighted by Gasteiger charge is 2.44. The molecule has 7 atom stereocenters. The summed E-state index contributed by atoms with van der Waals surface area (Å²) < 4.78 is 11.4. The number of aliphatic hydroxyl groups is 5. The van der Waals surface area contributed by atoms with Crippen LogP contribution in [0.25, 0.3) is 0 Å². The highest BCUT2D eigenvalue weighted by atomic mass is 16.7. The van der Waals surface area contributed by atoms with Gasteiger partial charge in [0.05, 0.1) is 25.4 Å². The Kier molecular flexibility index (Phi) is 67.9. The Labute approximate surface area is 559 Å². The van der Waals surface area contributed by atoms with Crippen LogP contribution in [0.3, 0.4) is 0 Å². The zero-order valence-electron chi connectivity index (χ0n) is 60.2. The van der Waals surface area contributed by atoms with Gasteiger partial charge in [-0.15, -0.1) is 0 Å². The number of carbonyl (C=O) groups is 1. The number of hydrogen-bond acceptors (Lipinski definition) is 8. The van der Waals surface area contributed by atoms with Gasteiger partial charge in [-0.2, -0.15) is 0 Å². The third-order valence-corrected chi connectivity index (χ3v) is 19.8. The predicted octanol–water partition coefficient (Wildman–Crippen LogP) is 23.2. The van der Waals surface area contributed by atoms with Crippen molar-refractivity contribution < 1.29 is 39.8 Å². The van der Waals surface area contributed by atoms with E-state index in [-0.39, 0.29) is 12.5 Å². The quantitative estimate of drug-likeness (QED) is 0.0261. The smallest absolute Gasteiger partial charge is 0.220 e. The van der Waals surface area contributed by atoms with Crippen LogP contribution in [0.2, 0.25) is 0 Å². The first-order chi connectivity index (χ1) is 44.3. The van der Waals surface area contributed by atoms with Crippen LogP contribution in [-0.2, 0) is 14.3 Å². The molecule has 0 aromatic carbocycles. The lowest BCUT2D eigenvalue weighted by Gasteiger charge is -2.40. The van der Waals surface area contributed by atoms with E-state index >= 15 is 0 Å². The van der Waals surface area contributed by atoms with E-state index in [0.29, 0.717) is 12.8 Å². The summed E-state index contributed by atoms with van der Waals surface area (Å²) >= 11 is 0. The maximum atomic E-state index is 13.2. The van der Waals surface area contributed by atoms with Gasteiger partial charge in [0.2, 0.25) is 5.91 Å². The highest BCUT2D eigenvalue weighted by molar-refractivity contribution is 5.76. The second-order valence-corrected chi connectivity index (χ2v) is 28.6. The van der Waals surface area contributed by atoms with Crippen molar-refractivity contribution in [1.29, 1.82) is 0 Å². The van der Waals surface area contributed by atoms with Crippen molar-refractivity contribution in [2.45, 2.75) is 474 Å². The summed E-state index contributed by atoms with van der Waals surface area (Å²) in [6.45, 7) is 3.90. The zero-order valence-corrected chi connectivity index (χ0v) is 60.2. The Morgan fingerprint density at radius 1 is 0.378 bits per heavy atom. The van der Waals surface area contributed by atoms with Crippen molar-refractivity contribution in [2.75, 3.05) is 13.2 Å². The summed E-state index contributed by atoms with van der Waals surface area (Å²) in [5.41, 5.74) is 0. The number of hydrogen-bond donors (Lipinski definition) is 6. The minimum atomic E-state index is -1.55. The molecule has 0 spiro atoms. The van der Waals surface area contributed by atoms with Crippen LogP contribution < -0.4 is 5.32 Å². The molecule has 9 heteroatoms. The molecule has 1 fully saturated rings. The molecule has 0 bridgehead atoms. The fourth-order valence-electron chi connectivity index (χ4n) is 13.5. The topological polar surface area (TPSA) is 149 Å². The van der Waals surface area contributed by atoms with E-state index < -0.39 is 49.5 Å². The van der Waals surface area contributed by atoms with Crippen LogP contribution in [0, 0.1) is 0 Å². The van der Waals surface area contributed by atoms with Crippen LogP contribution in [0.4, 0.5) is 0 Å². The Morgan fingerprint density at radius 2 is 0.656 bits per heavy atom. The van der Waals surface area contributed by atoms with Gasteiger partial charge in [0.15, 0.2) is 6.29 Å². The lowest BCUT2D eigenvalue weighted by Crippen LogP contribution is -2.60. The predicted molar refractivity (Wildman–Crippen MR) is 387 cm³/mol. The first-order valence-corrected chi connectivity index (χ1v) is 40.5. The SMILES string of the molecule is CCCCCCC/C=C\C/C=C\CCCCCCCCCCCCCCCCCCCCCCCCCCCCCC(=O)NC(COC1OC(CO)C(O)C(O)C1O)C(O)CCCCCCCCCCCCCCCCCCCCCCCCCCCCCC.